The molecule has 0 aromatic carbocycles. The lowest BCUT2D eigenvalue weighted by molar-refractivity contribution is -0.166. The summed E-state index contributed by atoms with van der Waals surface area (Å²) in [5, 5.41) is 0. The normalized spacial score (nSPS) is 41.1. The molecule has 3 rings (SSSR count). The molecule has 0 aromatic heterocycles. The van der Waals surface area contributed by atoms with Crippen LogP contribution >= 0.6 is 0 Å². The maximum Gasteiger partial charge on any atom is 0.313 e. The van der Waals surface area contributed by atoms with Crippen molar-refractivity contribution in [1.82, 2.24) is 0 Å². The maximum absolute atomic E-state index is 12.1. The molecular weight excluding hydrogens is 232 g/mol. The highest BCUT2D eigenvalue weighted by atomic mass is 16.6. The quantitative estimate of drug-likeness (QED) is 0.720. The molecule has 100 valence electrons. The smallest absolute Gasteiger partial charge is 0.313 e. The second-order valence-corrected chi connectivity index (χ2v) is 6.50. The van der Waals surface area contributed by atoms with E-state index in [1.807, 2.05) is 20.8 Å². The third-order valence-electron chi connectivity index (χ3n) is 5.09. The van der Waals surface area contributed by atoms with Gasteiger partial charge in [0.15, 0.2) is 0 Å². The van der Waals surface area contributed by atoms with Crippen molar-refractivity contribution in [1.29, 1.82) is 0 Å². The average Bonchev–Trinajstić information content (AvgIpc) is 2.90. The lowest BCUT2D eigenvalue weighted by Crippen LogP contribution is -2.38. The topological polar surface area (TPSA) is 52.6 Å². The second-order valence-electron chi connectivity index (χ2n) is 6.50. The van der Waals surface area contributed by atoms with Crippen LogP contribution in [0.25, 0.3) is 0 Å². The van der Waals surface area contributed by atoms with Crippen molar-refractivity contribution in [3.63, 3.8) is 0 Å². The lowest BCUT2D eigenvalue weighted by Gasteiger charge is -2.29. The van der Waals surface area contributed by atoms with Crippen molar-refractivity contribution >= 4 is 11.9 Å². The van der Waals surface area contributed by atoms with Crippen LogP contribution in [0.2, 0.25) is 0 Å². The van der Waals surface area contributed by atoms with E-state index in [1.165, 1.54) is 0 Å². The van der Waals surface area contributed by atoms with Gasteiger partial charge in [-0.3, -0.25) is 9.59 Å². The highest BCUT2D eigenvalue weighted by Crippen LogP contribution is 2.55. The Hall–Kier alpha value is -1.06. The Labute approximate surface area is 107 Å². The number of esters is 2. The van der Waals surface area contributed by atoms with Crippen molar-refractivity contribution < 1.29 is 19.1 Å². The molecule has 5 atom stereocenters. The van der Waals surface area contributed by atoms with Crippen molar-refractivity contribution in [3.8, 4) is 0 Å². The van der Waals surface area contributed by atoms with Gasteiger partial charge in [0.05, 0.1) is 5.41 Å². The van der Waals surface area contributed by atoms with Crippen LogP contribution in [0.5, 0.6) is 0 Å². The summed E-state index contributed by atoms with van der Waals surface area (Å²) < 4.78 is 11.0. The molecular formula is C14H20O4. The van der Waals surface area contributed by atoms with Crippen LogP contribution in [0.15, 0.2) is 0 Å². The van der Waals surface area contributed by atoms with Gasteiger partial charge in [-0.25, -0.2) is 0 Å². The first-order valence-corrected chi connectivity index (χ1v) is 6.85. The van der Waals surface area contributed by atoms with Gasteiger partial charge >= 0.3 is 11.9 Å². The van der Waals surface area contributed by atoms with E-state index >= 15 is 0 Å². The highest BCUT2D eigenvalue weighted by Gasteiger charge is 2.63. The zero-order chi connectivity index (χ0) is 13.1. The molecule has 2 saturated carbocycles. The summed E-state index contributed by atoms with van der Waals surface area (Å²) in [6.45, 7) is 5.75. The summed E-state index contributed by atoms with van der Waals surface area (Å²) in [7, 11) is 0. The molecule has 3 fully saturated rings. The summed E-state index contributed by atoms with van der Waals surface area (Å²) in [6.07, 6.45) is 2.45. The molecule has 2 bridgehead atoms. The zero-order valence-corrected chi connectivity index (χ0v) is 11.1. The summed E-state index contributed by atoms with van der Waals surface area (Å²) in [4.78, 5) is 23.9. The number of hydrogen-bond acceptors (Lipinski definition) is 4. The molecule has 0 radical (unpaired) electrons. The van der Waals surface area contributed by atoms with E-state index in [2.05, 4.69) is 0 Å². The molecule has 4 heteroatoms. The molecule has 2 aliphatic carbocycles. The van der Waals surface area contributed by atoms with Gasteiger partial charge in [0.2, 0.25) is 0 Å². The van der Waals surface area contributed by atoms with Gasteiger partial charge in [-0.1, -0.05) is 6.92 Å². The predicted molar refractivity (Wildman–Crippen MR) is 63.5 cm³/mol. The van der Waals surface area contributed by atoms with Gasteiger partial charge < -0.3 is 9.47 Å². The van der Waals surface area contributed by atoms with Crippen LogP contribution < -0.4 is 0 Å². The number of rotatable bonds is 3. The highest BCUT2D eigenvalue weighted by molar-refractivity contribution is 5.80. The van der Waals surface area contributed by atoms with Crippen molar-refractivity contribution in [2.75, 3.05) is 0 Å². The Bertz CT molecular complexity index is 399. The standard InChI is InChI=1S/C14H20O4/c1-4-14(2,3)13(16)18-11-7-5-8-9(6-7)17-12(15)10(8)11/h7-11H,4-6H2,1-3H3. The van der Waals surface area contributed by atoms with Crippen LogP contribution in [0, 0.1) is 23.2 Å². The Kier molecular flexibility index (Phi) is 2.48. The van der Waals surface area contributed by atoms with Gasteiger partial charge in [0.25, 0.3) is 0 Å². The molecule has 4 nitrogen and oxygen atoms in total. The first kappa shape index (κ1) is 12.0. The van der Waals surface area contributed by atoms with E-state index in [0.29, 0.717) is 11.8 Å². The van der Waals surface area contributed by atoms with Crippen LogP contribution in [0.4, 0.5) is 0 Å². The minimum Gasteiger partial charge on any atom is -0.462 e. The van der Waals surface area contributed by atoms with Gasteiger partial charge in [0, 0.05) is 11.8 Å². The van der Waals surface area contributed by atoms with E-state index in [4.69, 9.17) is 9.47 Å². The van der Waals surface area contributed by atoms with Crippen LogP contribution in [-0.2, 0) is 19.1 Å². The van der Waals surface area contributed by atoms with Crippen LogP contribution in [-0.4, -0.2) is 24.1 Å². The fourth-order valence-electron chi connectivity index (χ4n) is 3.52. The molecule has 0 amide bonds. The monoisotopic (exact) mass is 252 g/mol. The Balaban J connectivity index is 1.75. The first-order valence-electron chi connectivity index (χ1n) is 6.85. The van der Waals surface area contributed by atoms with Crippen molar-refractivity contribution in [2.24, 2.45) is 23.2 Å². The van der Waals surface area contributed by atoms with Crippen LogP contribution in [0.1, 0.15) is 40.0 Å². The molecule has 1 aliphatic heterocycles. The van der Waals surface area contributed by atoms with Gasteiger partial charge in [-0.05, 0) is 33.1 Å². The van der Waals surface area contributed by atoms with E-state index in [-0.39, 0.29) is 30.1 Å². The first-order chi connectivity index (χ1) is 8.44. The molecule has 3 aliphatic rings. The second kappa shape index (κ2) is 3.72. The zero-order valence-electron chi connectivity index (χ0n) is 11.1. The largest absolute Gasteiger partial charge is 0.462 e. The van der Waals surface area contributed by atoms with E-state index in [0.717, 1.165) is 19.3 Å². The molecule has 1 saturated heterocycles. The number of fused-ring (bicyclic) bond motifs is 1. The predicted octanol–water partition coefficient (Wildman–Crippen LogP) is 1.92. The van der Waals surface area contributed by atoms with Gasteiger partial charge in [-0.2, -0.15) is 0 Å². The SMILES string of the molecule is CCC(C)(C)C(=O)OC1C2CC3OC(=O)C1C3C2. The Morgan fingerprint density at radius 2 is 2.17 bits per heavy atom. The van der Waals surface area contributed by atoms with E-state index in [9.17, 15) is 9.59 Å². The van der Waals surface area contributed by atoms with E-state index in [1.54, 1.807) is 0 Å². The molecule has 5 unspecified atom stereocenters. The van der Waals surface area contributed by atoms with Gasteiger partial charge in [-0.15, -0.1) is 0 Å². The summed E-state index contributed by atoms with van der Waals surface area (Å²) in [5.74, 6) is 0.0966. The van der Waals surface area contributed by atoms with E-state index < -0.39 is 5.41 Å². The number of hydrogen-bond donors (Lipinski definition) is 0. The summed E-state index contributed by atoms with van der Waals surface area (Å²) in [6, 6.07) is 0. The maximum atomic E-state index is 12.1. The Morgan fingerprint density at radius 1 is 1.44 bits per heavy atom. The summed E-state index contributed by atoms with van der Waals surface area (Å²) >= 11 is 0. The molecule has 0 spiro atoms. The Morgan fingerprint density at radius 3 is 2.83 bits per heavy atom. The fraction of sp³-hybridized carbons (Fsp3) is 0.857. The molecule has 18 heavy (non-hydrogen) atoms. The third-order valence-corrected chi connectivity index (χ3v) is 5.09. The third kappa shape index (κ3) is 1.50. The average molecular weight is 252 g/mol. The molecule has 1 heterocycles. The van der Waals surface area contributed by atoms with Crippen molar-refractivity contribution in [2.45, 2.75) is 52.2 Å². The van der Waals surface area contributed by atoms with Crippen LogP contribution in [0.3, 0.4) is 0 Å². The number of ether oxygens (including phenoxy) is 2. The minimum absolute atomic E-state index is 0.0987. The fourth-order valence-corrected chi connectivity index (χ4v) is 3.52. The lowest BCUT2D eigenvalue weighted by atomic mass is 9.86. The van der Waals surface area contributed by atoms with Gasteiger partial charge in [0.1, 0.15) is 18.1 Å². The molecule has 0 aromatic rings. The number of carbonyl (C=O) groups is 2. The molecule has 0 N–H and O–H groups in total. The minimum atomic E-state index is -0.469. The van der Waals surface area contributed by atoms with Crippen molar-refractivity contribution in [3.05, 3.63) is 0 Å². The number of carbonyl (C=O) groups excluding carboxylic acids is 2. The summed E-state index contributed by atoms with van der Waals surface area (Å²) in [5.41, 5.74) is -0.469.